The van der Waals surface area contributed by atoms with E-state index >= 15 is 0 Å². The summed E-state index contributed by atoms with van der Waals surface area (Å²) < 4.78 is 11.6. The van der Waals surface area contributed by atoms with Crippen LogP contribution in [0, 0.1) is 0 Å². The van der Waals surface area contributed by atoms with Crippen molar-refractivity contribution in [1.29, 1.82) is 0 Å². The number of carbonyl (C=O) groups excluding carboxylic acids is 1. The van der Waals surface area contributed by atoms with Crippen molar-refractivity contribution >= 4 is 75.2 Å². The molecule has 0 aliphatic heterocycles. The zero-order valence-corrected chi connectivity index (χ0v) is 20.7. The maximum Gasteiger partial charge on any atom is 0.248 e. The van der Waals surface area contributed by atoms with Crippen LogP contribution in [0.4, 0.5) is 5.69 Å². The number of rotatable bonds is 5. The molecule has 1 N–H and O–H groups in total. The van der Waals surface area contributed by atoms with E-state index in [9.17, 15) is 4.79 Å². The number of benzene rings is 3. The number of nitrogens with zero attached hydrogens (tertiary/aromatic N) is 1. The Morgan fingerprint density at radius 2 is 1.71 bits per heavy atom. The second-order valence-electron chi connectivity index (χ2n) is 7.46. The molecule has 0 saturated heterocycles. The van der Waals surface area contributed by atoms with Crippen LogP contribution in [0.25, 0.3) is 40.0 Å². The van der Waals surface area contributed by atoms with E-state index in [-0.39, 0.29) is 5.91 Å². The minimum absolute atomic E-state index is 0.337. The largest absolute Gasteiger partial charge is 0.457 e. The molecule has 5 aromatic rings. The molecule has 9 heteroatoms. The standard InChI is InChI=1S/C26H14Cl4N2O3/c27-18-8-4-14(12-20(18)29)26-32-21-13-15(5-9-23(21)35-26)31-24(33)11-7-16-6-10-22(34-16)17-2-1-3-19(28)25(17)30/h1-13H,(H,31,33). The Morgan fingerprint density at radius 1 is 0.857 bits per heavy atom. The van der Waals surface area contributed by atoms with Crippen molar-refractivity contribution < 1.29 is 13.6 Å². The highest BCUT2D eigenvalue weighted by Gasteiger charge is 2.12. The van der Waals surface area contributed by atoms with Gasteiger partial charge in [0.1, 0.15) is 17.0 Å². The number of aromatic nitrogens is 1. The fourth-order valence-electron chi connectivity index (χ4n) is 3.38. The molecule has 3 aromatic carbocycles. The molecule has 0 radical (unpaired) electrons. The third kappa shape index (κ3) is 5.09. The molecule has 2 aromatic heterocycles. The maximum absolute atomic E-state index is 12.4. The number of furan rings is 1. The summed E-state index contributed by atoms with van der Waals surface area (Å²) in [5.74, 6) is 1.10. The third-order valence-corrected chi connectivity index (χ3v) is 6.62. The number of halogens is 4. The van der Waals surface area contributed by atoms with E-state index in [4.69, 9.17) is 55.2 Å². The second-order valence-corrected chi connectivity index (χ2v) is 9.06. The average Bonchev–Trinajstić information content (AvgIpc) is 3.48. The van der Waals surface area contributed by atoms with E-state index in [1.165, 1.54) is 6.08 Å². The van der Waals surface area contributed by atoms with Crippen molar-refractivity contribution in [2.45, 2.75) is 0 Å². The Kier molecular flexibility index (Phi) is 6.58. The molecule has 0 aliphatic carbocycles. The molecule has 5 nitrogen and oxygen atoms in total. The van der Waals surface area contributed by atoms with E-state index < -0.39 is 0 Å². The molecule has 0 saturated carbocycles. The normalized spacial score (nSPS) is 11.4. The van der Waals surface area contributed by atoms with Crippen LogP contribution in [-0.2, 0) is 4.79 Å². The topological polar surface area (TPSA) is 68.3 Å². The zero-order valence-electron chi connectivity index (χ0n) is 17.7. The molecule has 0 unspecified atom stereocenters. The van der Waals surface area contributed by atoms with Crippen LogP contribution in [0.1, 0.15) is 5.76 Å². The van der Waals surface area contributed by atoms with Crippen LogP contribution in [0.15, 0.2) is 81.6 Å². The first-order valence-electron chi connectivity index (χ1n) is 10.3. The SMILES string of the molecule is O=C(C=Cc1ccc(-c2cccc(Cl)c2Cl)o1)Nc1ccc2oc(-c3ccc(Cl)c(Cl)c3)nc2c1. The summed E-state index contributed by atoms with van der Waals surface area (Å²) in [5.41, 5.74) is 3.08. The number of carbonyl (C=O) groups is 1. The molecular weight excluding hydrogens is 530 g/mol. The minimum atomic E-state index is -0.337. The van der Waals surface area contributed by atoms with Gasteiger partial charge in [-0.05, 0) is 66.7 Å². The number of fused-ring (bicyclic) bond motifs is 1. The molecule has 0 atom stereocenters. The van der Waals surface area contributed by atoms with Crippen molar-refractivity contribution in [2.75, 3.05) is 5.32 Å². The summed E-state index contributed by atoms with van der Waals surface area (Å²) in [5, 5.41) is 4.49. The molecule has 0 bridgehead atoms. The first-order valence-corrected chi connectivity index (χ1v) is 11.8. The van der Waals surface area contributed by atoms with Crippen LogP contribution in [0.2, 0.25) is 20.1 Å². The lowest BCUT2D eigenvalue weighted by Gasteiger charge is -2.02. The molecule has 0 aliphatic rings. The van der Waals surface area contributed by atoms with Gasteiger partial charge in [-0.3, -0.25) is 4.79 Å². The molecule has 0 spiro atoms. The van der Waals surface area contributed by atoms with Crippen molar-refractivity contribution in [3.63, 3.8) is 0 Å². The summed E-state index contributed by atoms with van der Waals surface area (Å²) in [7, 11) is 0. The Hall–Kier alpha value is -3.22. The highest BCUT2D eigenvalue weighted by Crippen LogP contribution is 2.34. The molecule has 174 valence electrons. The number of hydrogen-bond acceptors (Lipinski definition) is 4. The van der Waals surface area contributed by atoms with E-state index in [0.29, 0.717) is 65.4 Å². The van der Waals surface area contributed by atoms with Gasteiger partial charge in [-0.25, -0.2) is 4.98 Å². The van der Waals surface area contributed by atoms with Gasteiger partial charge in [-0.15, -0.1) is 0 Å². The molecule has 5 rings (SSSR count). The van der Waals surface area contributed by atoms with E-state index in [1.807, 2.05) is 0 Å². The highest BCUT2D eigenvalue weighted by atomic mass is 35.5. The first-order chi connectivity index (χ1) is 16.9. The fraction of sp³-hybridized carbons (Fsp3) is 0. The van der Waals surface area contributed by atoms with Gasteiger partial charge in [0, 0.05) is 22.9 Å². The smallest absolute Gasteiger partial charge is 0.248 e. The summed E-state index contributed by atoms with van der Waals surface area (Å²) in [4.78, 5) is 16.9. The molecule has 1 amide bonds. The predicted molar refractivity (Wildman–Crippen MR) is 141 cm³/mol. The van der Waals surface area contributed by atoms with E-state index in [1.54, 1.807) is 72.8 Å². The number of amides is 1. The Labute approximate surface area is 219 Å². The summed E-state index contributed by atoms with van der Waals surface area (Å²) in [6, 6.07) is 19.1. The number of hydrogen-bond donors (Lipinski definition) is 1. The quantitative estimate of drug-likeness (QED) is 0.224. The molecule has 2 heterocycles. The number of oxazole rings is 1. The lowest BCUT2D eigenvalue weighted by atomic mass is 10.2. The van der Waals surface area contributed by atoms with E-state index in [0.717, 1.165) is 0 Å². The third-order valence-electron chi connectivity index (χ3n) is 5.06. The lowest BCUT2D eigenvalue weighted by molar-refractivity contribution is -0.111. The van der Waals surface area contributed by atoms with Gasteiger partial charge in [0.25, 0.3) is 0 Å². The van der Waals surface area contributed by atoms with Crippen LogP contribution >= 0.6 is 46.4 Å². The summed E-state index contributed by atoms with van der Waals surface area (Å²) in [6.45, 7) is 0. The summed E-state index contributed by atoms with van der Waals surface area (Å²) in [6.07, 6.45) is 2.94. The van der Waals surface area contributed by atoms with Gasteiger partial charge in [-0.2, -0.15) is 0 Å². The van der Waals surface area contributed by atoms with Gasteiger partial charge in [0.05, 0.1) is 20.1 Å². The van der Waals surface area contributed by atoms with Gasteiger partial charge in [0.15, 0.2) is 5.58 Å². The van der Waals surface area contributed by atoms with Crippen molar-refractivity contribution in [2.24, 2.45) is 0 Å². The molecule has 35 heavy (non-hydrogen) atoms. The van der Waals surface area contributed by atoms with E-state index in [2.05, 4.69) is 10.3 Å². The van der Waals surface area contributed by atoms with Gasteiger partial charge < -0.3 is 14.2 Å². The first kappa shape index (κ1) is 23.5. The average molecular weight is 544 g/mol. The number of nitrogens with one attached hydrogen (secondary N) is 1. The Morgan fingerprint density at radius 3 is 2.54 bits per heavy atom. The lowest BCUT2D eigenvalue weighted by Crippen LogP contribution is -2.07. The fourth-order valence-corrected chi connectivity index (χ4v) is 4.07. The zero-order chi connectivity index (χ0) is 24.5. The van der Waals surface area contributed by atoms with Crippen LogP contribution in [0.5, 0.6) is 0 Å². The van der Waals surface area contributed by atoms with Gasteiger partial charge in [-0.1, -0.05) is 52.5 Å². The Bertz CT molecular complexity index is 1600. The van der Waals surface area contributed by atoms with Crippen LogP contribution in [-0.4, -0.2) is 10.9 Å². The van der Waals surface area contributed by atoms with Crippen molar-refractivity contribution in [1.82, 2.24) is 4.98 Å². The predicted octanol–water partition coefficient (Wildman–Crippen LogP) is 9.02. The van der Waals surface area contributed by atoms with Crippen LogP contribution in [0.3, 0.4) is 0 Å². The molecular formula is C26H14Cl4N2O3. The maximum atomic E-state index is 12.4. The van der Waals surface area contributed by atoms with Crippen LogP contribution < -0.4 is 5.32 Å². The summed E-state index contributed by atoms with van der Waals surface area (Å²) >= 11 is 24.4. The Balaban J connectivity index is 1.29. The number of anilines is 1. The monoisotopic (exact) mass is 542 g/mol. The minimum Gasteiger partial charge on any atom is -0.457 e. The second kappa shape index (κ2) is 9.80. The molecule has 0 fully saturated rings. The van der Waals surface area contributed by atoms with Crippen molar-refractivity contribution in [3.05, 3.63) is 98.7 Å². The van der Waals surface area contributed by atoms with Gasteiger partial charge >= 0.3 is 0 Å². The highest BCUT2D eigenvalue weighted by molar-refractivity contribution is 6.43. The van der Waals surface area contributed by atoms with Gasteiger partial charge in [0.2, 0.25) is 11.8 Å². The van der Waals surface area contributed by atoms with Crippen molar-refractivity contribution in [3.8, 4) is 22.8 Å².